The Labute approximate surface area is 146 Å². The quantitative estimate of drug-likeness (QED) is 0.711. The van der Waals surface area contributed by atoms with Crippen molar-refractivity contribution < 1.29 is 9.59 Å². The van der Waals surface area contributed by atoms with Crippen LogP contribution in [-0.2, 0) is 9.59 Å². The number of benzene rings is 2. The molecule has 120 valence electrons. The summed E-state index contributed by atoms with van der Waals surface area (Å²) in [6.45, 7) is 0. The number of imidazole rings is 1. The monoisotopic (exact) mass is 384 g/mol. The van der Waals surface area contributed by atoms with E-state index < -0.39 is 6.04 Å². The van der Waals surface area contributed by atoms with E-state index in [4.69, 9.17) is 0 Å². The van der Waals surface area contributed by atoms with Crippen molar-refractivity contribution in [1.29, 1.82) is 0 Å². The number of hydrogen-bond donors (Lipinski definition) is 2. The molecule has 2 N–H and O–H groups in total. The molecule has 6 nitrogen and oxygen atoms in total. The summed E-state index contributed by atoms with van der Waals surface area (Å²) in [5.41, 5.74) is 2.25. The third-order valence-corrected chi connectivity index (χ3v) is 4.48. The Hall–Kier alpha value is -2.67. The molecule has 2 heterocycles. The Morgan fingerprint density at radius 2 is 1.96 bits per heavy atom. The number of hydrogen-bond acceptors (Lipinski definition) is 3. The fourth-order valence-electron chi connectivity index (χ4n) is 2.86. The van der Waals surface area contributed by atoms with Crippen molar-refractivity contribution in [3.8, 4) is 0 Å². The number of anilines is 2. The van der Waals surface area contributed by atoms with Crippen LogP contribution >= 0.6 is 15.9 Å². The standard InChI is InChI=1S/C17H13BrN4O2/c18-10-5-7-11(8-6-10)19-16(24)14-9-15(23)21-17-20-12-3-1-2-4-13(12)22(14)17/h1-8,14H,9H2,(H,19,24)(H,20,21,23)/t14-/m1/s1. The molecule has 0 saturated carbocycles. The predicted octanol–water partition coefficient (Wildman–Crippen LogP) is 3.32. The molecule has 2 aromatic carbocycles. The Kier molecular flexibility index (Phi) is 3.57. The summed E-state index contributed by atoms with van der Waals surface area (Å²) in [4.78, 5) is 29.1. The lowest BCUT2D eigenvalue weighted by Gasteiger charge is -2.24. The number of para-hydroxylation sites is 2. The van der Waals surface area contributed by atoms with Gasteiger partial charge in [0, 0.05) is 10.2 Å². The number of amides is 2. The van der Waals surface area contributed by atoms with Gasteiger partial charge in [0.1, 0.15) is 6.04 Å². The largest absolute Gasteiger partial charge is 0.324 e. The van der Waals surface area contributed by atoms with Crippen molar-refractivity contribution in [3.63, 3.8) is 0 Å². The van der Waals surface area contributed by atoms with E-state index in [9.17, 15) is 9.59 Å². The molecule has 4 rings (SSSR count). The van der Waals surface area contributed by atoms with Gasteiger partial charge in [-0.2, -0.15) is 0 Å². The Morgan fingerprint density at radius 1 is 1.21 bits per heavy atom. The van der Waals surface area contributed by atoms with E-state index in [-0.39, 0.29) is 18.2 Å². The molecule has 0 aliphatic carbocycles. The van der Waals surface area contributed by atoms with Gasteiger partial charge in [0.15, 0.2) is 0 Å². The Balaban J connectivity index is 1.72. The van der Waals surface area contributed by atoms with Crippen molar-refractivity contribution in [2.24, 2.45) is 0 Å². The molecular weight excluding hydrogens is 372 g/mol. The molecule has 2 amide bonds. The summed E-state index contributed by atoms with van der Waals surface area (Å²) in [5, 5.41) is 5.60. The van der Waals surface area contributed by atoms with E-state index in [1.165, 1.54) is 0 Å². The summed E-state index contributed by atoms with van der Waals surface area (Å²) in [6, 6.07) is 14.2. The van der Waals surface area contributed by atoms with Crippen molar-refractivity contribution in [1.82, 2.24) is 9.55 Å². The van der Waals surface area contributed by atoms with Crippen LogP contribution in [0.1, 0.15) is 12.5 Å². The summed E-state index contributed by atoms with van der Waals surface area (Å²) >= 11 is 3.36. The molecular formula is C17H13BrN4O2. The van der Waals surface area contributed by atoms with E-state index in [1.54, 1.807) is 16.7 Å². The average Bonchev–Trinajstić information content (AvgIpc) is 2.94. The molecule has 1 atom stereocenters. The molecule has 0 bridgehead atoms. The van der Waals surface area contributed by atoms with Gasteiger partial charge in [0.05, 0.1) is 17.5 Å². The zero-order valence-corrected chi connectivity index (χ0v) is 14.1. The summed E-state index contributed by atoms with van der Waals surface area (Å²) in [7, 11) is 0. The zero-order valence-electron chi connectivity index (χ0n) is 12.5. The van der Waals surface area contributed by atoms with E-state index >= 15 is 0 Å². The number of fused-ring (bicyclic) bond motifs is 3. The van der Waals surface area contributed by atoms with Crippen LogP contribution in [0.5, 0.6) is 0 Å². The fourth-order valence-corrected chi connectivity index (χ4v) is 3.12. The molecule has 1 aliphatic heterocycles. The molecule has 0 spiro atoms. The first kappa shape index (κ1) is 14.9. The van der Waals surface area contributed by atoms with Gasteiger partial charge in [-0.15, -0.1) is 0 Å². The lowest BCUT2D eigenvalue weighted by molar-refractivity contribution is -0.124. The number of carbonyl (C=O) groups is 2. The molecule has 0 fully saturated rings. The number of halogens is 1. The van der Waals surface area contributed by atoms with Crippen LogP contribution in [0, 0.1) is 0 Å². The van der Waals surface area contributed by atoms with Crippen LogP contribution in [0.2, 0.25) is 0 Å². The van der Waals surface area contributed by atoms with E-state index in [0.29, 0.717) is 11.6 Å². The topological polar surface area (TPSA) is 76.0 Å². The highest BCUT2D eigenvalue weighted by atomic mass is 79.9. The molecule has 24 heavy (non-hydrogen) atoms. The van der Waals surface area contributed by atoms with Crippen LogP contribution in [0.4, 0.5) is 11.6 Å². The summed E-state index contributed by atoms with van der Waals surface area (Å²) in [5.74, 6) is -0.0475. The molecule has 0 radical (unpaired) electrons. The third-order valence-electron chi connectivity index (χ3n) is 3.95. The van der Waals surface area contributed by atoms with Crippen LogP contribution in [0.15, 0.2) is 53.0 Å². The SMILES string of the molecule is O=C1C[C@H](C(=O)Nc2ccc(Br)cc2)n2c(nc3ccccc32)N1. The Morgan fingerprint density at radius 3 is 2.75 bits per heavy atom. The van der Waals surface area contributed by atoms with Crippen molar-refractivity contribution in [2.45, 2.75) is 12.5 Å². The maximum Gasteiger partial charge on any atom is 0.248 e. The van der Waals surface area contributed by atoms with Crippen molar-refractivity contribution in [3.05, 3.63) is 53.0 Å². The molecule has 0 saturated heterocycles. The maximum absolute atomic E-state index is 12.8. The normalized spacial score (nSPS) is 16.5. The molecule has 1 aromatic heterocycles. The second-order valence-corrected chi connectivity index (χ2v) is 6.47. The van der Waals surface area contributed by atoms with Crippen LogP contribution < -0.4 is 10.6 Å². The summed E-state index contributed by atoms with van der Waals surface area (Å²) < 4.78 is 2.71. The molecule has 1 aliphatic rings. The number of aromatic nitrogens is 2. The molecule has 3 aromatic rings. The third kappa shape index (κ3) is 2.56. The minimum absolute atomic E-state index is 0.0791. The van der Waals surface area contributed by atoms with Gasteiger partial charge in [0.2, 0.25) is 17.8 Å². The van der Waals surface area contributed by atoms with E-state index in [1.807, 2.05) is 36.4 Å². The van der Waals surface area contributed by atoms with E-state index in [2.05, 4.69) is 31.5 Å². The van der Waals surface area contributed by atoms with Crippen molar-refractivity contribution >= 4 is 50.4 Å². The predicted molar refractivity (Wildman–Crippen MR) is 94.8 cm³/mol. The summed E-state index contributed by atoms with van der Waals surface area (Å²) in [6.07, 6.45) is 0.0791. The van der Waals surface area contributed by atoms with Crippen LogP contribution in [-0.4, -0.2) is 21.4 Å². The van der Waals surface area contributed by atoms with Gasteiger partial charge < -0.3 is 5.32 Å². The minimum atomic E-state index is -0.634. The van der Waals surface area contributed by atoms with Crippen molar-refractivity contribution in [2.75, 3.05) is 10.6 Å². The lowest BCUT2D eigenvalue weighted by Crippen LogP contribution is -2.35. The average molecular weight is 385 g/mol. The number of carbonyl (C=O) groups excluding carboxylic acids is 2. The van der Waals surface area contributed by atoms with Crippen LogP contribution in [0.25, 0.3) is 11.0 Å². The first-order valence-electron chi connectivity index (χ1n) is 7.45. The minimum Gasteiger partial charge on any atom is -0.324 e. The lowest BCUT2D eigenvalue weighted by atomic mass is 10.1. The number of nitrogens with one attached hydrogen (secondary N) is 2. The second kappa shape index (κ2) is 5.76. The highest BCUT2D eigenvalue weighted by Gasteiger charge is 2.32. The van der Waals surface area contributed by atoms with Gasteiger partial charge in [-0.3, -0.25) is 19.5 Å². The highest BCUT2D eigenvalue weighted by Crippen LogP contribution is 2.31. The Bertz CT molecular complexity index is 949. The first-order chi connectivity index (χ1) is 11.6. The zero-order chi connectivity index (χ0) is 16.7. The fraction of sp³-hybridized carbons (Fsp3) is 0.118. The smallest absolute Gasteiger partial charge is 0.248 e. The number of nitrogens with zero attached hydrogens (tertiary/aromatic N) is 2. The van der Waals surface area contributed by atoms with Gasteiger partial charge in [-0.05, 0) is 36.4 Å². The molecule has 7 heteroatoms. The van der Waals surface area contributed by atoms with E-state index in [0.717, 1.165) is 15.5 Å². The maximum atomic E-state index is 12.8. The first-order valence-corrected chi connectivity index (χ1v) is 8.24. The van der Waals surface area contributed by atoms with Gasteiger partial charge >= 0.3 is 0 Å². The highest BCUT2D eigenvalue weighted by molar-refractivity contribution is 9.10. The van der Waals surface area contributed by atoms with Gasteiger partial charge in [-0.1, -0.05) is 28.1 Å². The number of rotatable bonds is 2. The molecule has 0 unspecified atom stereocenters. The van der Waals surface area contributed by atoms with Gasteiger partial charge in [-0.25, -0.2) is 4.98 Å². The second-order valence-electron chi connectivity index (χ2n) is 5.56. The van der Waals surface area contributed by atoms with Crippen LogP contribution in [0.3, 0.4) is 0 Å². The van der Waals surface area contributed by atoms with Gasteiger partial charge in [0.25, 0.3) is 0 Å².